The van der Waals surface area contributed by atoms with Gasteiger partial charge in [-0.2, -0.15) is 0 Å². The smallest absolute Gasteiger partial charge is 0.224 e. The molecule has 1 aliphatic carbocycles. The predicted octanol–water partition coefficient (Wildman–Crippen LogP) is 5.17. The fourth-order valence-electron chi connectivity index (χ4n) is 5.27. The molecule has 2 atom stereocenters. The first kappa shape index (κ1) is 25.5. The Balaban J connectivity index is 1.43. The van der Waals surface area contributed by atoms with E-state index in [9.17, 15) is 18.4 Å². The molecule has 6 nitrogen and oxygen atoms in total. The highest BCUT2D eigenvalue weighted by atomic mass is 19.1. The molecule has 1 saturated carbocycles. The van der Waals surface area contributed by atoms with Crippen LogP contribution >= 0.6 is 0 Å². The maximum atomic E-state index is 14.3. The number of halogens is 2. The second-order valence-electron chi connectivity index (χ2n) is 10.3. The van der Waals surface area contributed by atoms with Crippen molar-refractivity contribution in [2.75, 3.05) is 20.1 Å². The summed E-state index contributed by atoms with van der Waals surface area (Å²) in [7, 11) is 2.12. The van der Waals surface area contributed by atoms with Crippen LogP contribution < -0.4 is 5.32 Å². The predicted molar refractivity (Wildman–Crippen MR) is 130 cm³/mol. The van der Waals surface area contributed by atoms with Crippen LogP contribution in [0, 0.1) is 23.0 Å². The van der Waals surface area contributed by atoms with Gasteiger partial charge in [-0.05, 0) is 69.8 Å². The van der Waals surface area contributed by atoms with E-state index < -0.39 is 11.6 Å². The summed E-state index contributed by atoms with van der Waals surface area (Å²) in [6.45, 7) is 3.92. The second kappa shape index (κ2) is 11.0. The Morgan fingerprint density at radius 1 is 1.23 bits per heavy atom. The van der Waals surface area contributed by atoms with Crippen LogP contribution in [-0.4, -0.2) is 46.7 Å². The molecule has 4 rings (SSSR count). The monoisotopic (exact) mass is 486 g/mol. The standard InChI is InChI=1S/C27H36F2N4O2/c1-3-19(34)7-5-4-6-8-23(32-26(35)21-16-27(21)11-13-33(2)14-12-27)25-30-17-24(31-25)20-10-9-18(28)15-22(20)29/h9-10,15,17,21,23H,3-8,11-14,16H2,1-2H3,(H,30,31)(H,32,35)/t21-,23+/m1/s1. The van der Waals surface area contributed by atoms with E-state index in [1.807, 2.05) is 6.92 Å². The molecule has 2 aromatic rings. The van der Waals surface area contributed by atoms with Gasteiger partial charge in [0.05, 0.1) is 17.9 Å². The number of amides is 1. The van der Waals surface area contributed by atoms with Crippen LogP contribution in [0.2, 0.25) is 0 Å². The summed E-state index contributed by atoms with van der Waals surface area (Å²) in [5.74, 6) is -0.367. The first-order chi connectivity index (χ1) is 16.8. The summed E-state index contributed by atoms with van der Waals surface area (Å²) in [5.41, 5.74) is 0.817. The minimum atomic E-state index is -0.663. The van der Waals surface area contributed by atoms with E-state index in [0.29, 0.717) is 30.8 Å². The van der Waals surface area contributed by atoms with Gasteiger partial charge in [0.2, 0.25) is 5.91 Å². The fourth-order valence-corrected chi connectivity index (χ4v) is 5.27. The number of nitrogens with one attached hydrogen (secondary N) is 2. The molecule has 1 aromatic carbocycles. The maximum absolute atomic E-state index is 14.3. The molecule has 0 bridgehead atoms. The SMILES string of the molecule is CCC(=O)CCCCC[C@H](NC(=O)[C@H]1CC12CCN(C)CC2)c1ncc(-c2ccc(F)cc2F)[nH]1. The number of aromatic nitrogens is 2. The first-order valence-electron chi connectivity index (χ1n) is 12.8. The number of aromatic amines is 1. The van der Waals surface area contributed by atoms with Gasteiger partial charge in [-0.15, -0.1) is 0 Å². The van der Waals surface area contributed by atoms with Gasteiger partial charge >= 0.3 is 0 Å². The minimum absolute atomic E-state index is 0.0323. The van der Waals surface area contributed by atoms with E-state index in [4.69, 9.17) is 0 Å². The Morgan fingerprint density at radius 3 is 2.71 bits per heavy atom. The Morgan fingerprint density at radius 2 is 2.00 bits per heavy atom. The molecule has 0 unspecified atom stereocenters. The second-order valence-corrected chi connectivity index (χ2v) is 10.3. The van der Waals surface area contributed by atoms with Gasteiger partial charge in [0.1, 0.15) is 23.2 Å². The lowest BCUT2D eigenvalue weighted by atomic mass is 9.91. The summed E-state index contributed by atoms with van der Waals surface area (Å²) >= 11 is 0. The molecule has 2 heterocycles. The van der Waals surface area contributed by atoms with E-state index >= 15 is 0 Å². The van der Waals surface area contributed by atoms with Crippen molar-refractivity contribution in [3.63, 3.8) is 0 Å². The summed E-state index contributed by atoms with van der Waals surface area (Å²) in [4.78, 5) is 34.7. The molecule has 1 aromatic heterocycles. The molecular weight excluding hydrogens is 450 g/mol. The fraction of sp³-hybridized carbons (Fsp3) is 0.593. The van der Waals surface area contributed by atoms with Crippen LogP contribution in [0.15, 0.2) is 24.4 Å². The Hall–Kier alpha value is -2.61. The van der Waals surface area contributed by atoms with E-state index in [1.54, 1.807) is 0 Å². The number of hydrogen-bond acceptors (Lipinski definition) is 4. The van der Waals surface area contributed by atoms with E-state index in [-0.39, 0.29) is 34.6 Å². The number of carbonyl (C=O) groups excluding carboxylic acids is 2. The lowest BCUT2D eigenvalue weighted by molar-refractivity contribution is -0.124. The van der Waals surface area contributed by atoms with Gasteiger partial charge in [-0.3, -0.25) is 9.59 Å². The zero-order valence-electron chi connectivity index (χ0n) is 20.7. The third-order valence-corrected chi connectivity index (χ3v) is 7.80. The zero-order valence-corrected chi connectivity index (χ0v) is 20.7. The third-order valence-electron chi connectivity index (χ3n) is 7.80. The molecular formula is C27H36F2N4O2. The Bertz CT molecular complexity index is 1050. The van der Waals surface area contributed by atoms with Crippen molar-refractivity contribution in [2.45, 2.75) is 70.8 Å². The van der Waals surface area contributed by atoms with Crippen LogP contribution in [0.4, 0.5) is 8.78 Å². The minimum Gasteiger partial charge on any atom is -0.346 e. The Labute approximate surface area is 205 Å². The highest BCUT2D eigenvalue weighted by Gasteiger charge is 2.58. The number of ketones is 1. The number of likely N-dealkylation sites (tertiary alicyclic amines) is 1. The van der Waals surface area contributed by atoms with Crippen LogP contribution in [-0.2, 0) is 9.59 Å². The number of piperidine rings is 1. The zero-order chi connectivity index (χ0) is 25.0. The van der Waals surface area contributed by atoms with Crippen molar-refractivity contribution in [1.82, 2.24) is 20.2 Å². The van der Waals surface area contributed by atoms with Crippen molar-refractivity contribution in [3.8, 4) is 11.3 Å². The normalized spacial score (nSPS) is 20.1. The topological polar surface area (TPSA) is 78.1 Å². The van der Waals surface area contributed by atoms with Gasteiger partial charge < -0.3 is 15.2 Å². The molecule has 0 radical (unpaired) electrons. The molecule has 2 N–H and O–H groups in total. The third kappa shape index (κ3) is 6.15. The molecule has 1 saturated heterocycles. The number of H-pyrrole nitrogens is 1. The van der Waals surface area contributed by atoms with Gasteiger partial charge in [0, 0.05) is 30.4 Å². The Kier molecular flexibility index (Phi) is 7.99. The van der Waals surface area contributed by atoms with Gasteiger partial charge in [-0.1, -0.05) is 19.8 Å². The lowest BCUT2D eigenvalue weighted by Crippen LogP contribution is -2.36. The van der Waals surface area contributed by atoms with Crippen molar-refractivity contribution < 1.29 is 18.4 Å². The number of rotatable bonds is 11. The average Bonchev–Trinajstić information content (AvgIpc) is 3.32. The van der Waals surface area contributed by atoms with Crippen molar-refractivity contribution in [3.05, 3.63) is 41.9 Å². The van der Waals surface area contributed by atoms with E-state index in [0.717, 1.165) is 57.7 Å². The molecule has 190 valence electrons. The largest absolute Gasteiger partial charge is 0.346 e. The summed E-state index contributed by atoms with van der Waals surface area (Å²) in [6, 6.07) is 3.12. The van der Waals surface area contributed by atoms with Crippen LogP contribution in [0.1, 0.15) is 76.6 Å². The molecule has 1 spiro atoms. The van der Waals surface area contributed by atoms with Crippen molar-refractivity contribution in [2.24, 2.45) is 11.3 Å². The summed E-state index contributed by atoms with van der Waals surface area (Å²) < 4.78 is 27.6. The lowest BCUT2D eigenvalue weighted by Gasteiger charge is -2.30. The van der Waals surface area contributed by atoms with Gasteiger partial charge in [0.25, 0.3) is 0 Å². The van der Waals surface area contributed by atoms with Crippen LogP contribution in [0.25, 0.3) is 11.3 Å². The number of benzene rings is 1. The molecule has 35 heavy (non-hydrogen) atoms. The number of Topliss-reactive ketones (excluding diaryl/α,β-unsaturated/α-hetero) is 1. The number of hydrogen-bond donors (Lipinski definition) is 2. The van der Waals surface area contributed by atoms with Gasteiger partial charge in [-0.25, -0.2) is 13.8 Å². The quantitative estimate of drug-likeness (QED) is 0.430. The van der Waals surface area contributed by atoms with Crippen molar-refractivity contribution >= 4 is 11.7 Å². The van der Waals surface area contributed by atoms with Crippen molar-refractivity contribution in [1.29, 1.82) is 0 Å². The highest BCUT2D eigenvalue weighted by Crippen LogP contribution is 2.59. The van der Waals surface area contributed by atoms with E-state index in [2.05, 4.69) is 27.2 Å². The van der Waals surface area contributed by atoms with E-state index in [1.165, 1.54) is 18.3 Å². The molecule has 2 aliphatic rings. The van der Waals surface area contributed by atoms with Crippen LogP contribution in [0.5, 0.6) is 0 Å². The molecule has 2 fully saturated rings. The highest BCUT2D eigenvalue weighted by molar-refractivity contribution is 5.83. The number of nitrogens with zero attached hydrogens (tertiary/aromatic N) is 2. The molecule has 1 aliphatic heterocycles. The molecule has 8 heteroatoms. The first-order valence-corrected chi connectivity index (χ1v) is 12.8. The van der Waals surface area contributed by atoms with Crippen LogP contribution in [0.3, 0.4) is 0 Å². The molecule has 1 amide bonds. The number of unbranched alkanes of at least 4 members (excludes halogenated alkanes) is 2. The van der Waals surface area contributed by atoms with Gasteiger partial charge in [0.15, 0.2) is 0 Å². The average molecular weight is 487 g/mol. The summed E-state index contributed by atoms with van der Waals surface area (Å²) in [6.07, 6.45) is 8.93. The number of imidazole rings is 1. The number of carbonyl (C=O) groups is 2. The summed E-state index contributed by atoms with van der Waals surface area (Å²) in [5, 5.41) is 3.21. The maximum Gasteiger partial charge on any atom is 0.224 e.